The number of alkyl halides is 3. The van der Waals surface area contributed by atoms with Crippen molar-refractivity contribution < 1.29 is 23.0 Å². The molecule has 0 saturated heterocycles. The largest absolute Gasteiger partial charge is 0.408 e. The van der Waals surface area contributed by atoms with Crippen LogP contribution in [0.15, 0.2) is 6.08 Å². The van der Waals surface area contributed by atoms with Gasteiger partial charge in [-0.05, 0) is 44.3 Å². The minimum atomic E-state index is -4.42. The molecule has 1 heterocycles. The highest BCUT2D eigenvalue weighted by Crippen LogP contribution is 2.28. The van der Waals surface area contributed by atoms with Crippen molar-refractivity contribution in [2.24, 2.45) is 0 Å². The molecule has 0 aliphatic heterocycles. The molecule has 1 aromatic rings. The van der Waals surface area contributed by atoms with Gasteiger partial charge in [0, 0.05) is 13.2 Å². The zero-order valence-corrected chi connectivity index (χ0v) is 15.7. The van der Waals surface area contributed by atoms with E-state index >= 15 is 0 Å². The Kier molecular flexibility index (Phi) is 7.37. The van der Waals surface area contributed by atoms with E-state index in [4.69, 9.17) is 4.74 Å². The van der Waals surface area contributed by atoms with Crippen molar-refractivity contribution in [1.29, 1.82) is 0 Å². The van der Waals surface area contributed by atoms with Gasteiger partial charge >= 0.3 is 6.18 Å². The summed E-state index contributed by atoms with van der Waals surface area (Å²) >= 11 is 0. The Balaban J connectivity index is 2.35. The molecule has 1 aliphatic rings. The van der Waals surface area contributed by atoms with Crippen molar-refractivity contribution in [3.05, 3.63) is 11.9 Å². The van der Waals surface area contributed by atoms with Crippen LogP contribution in [-0.2, 0) is 4.74 Å². The van der Waals surface area contributed by atoms with Crippen LogP contribution in [-0.4, -0.2) is 58.1 Å². The van der Waals surface area contributed by atoms with E-state index in [1.54, 1.807) is 13.2 Å². The molecule has 0 spiro atoms. The molecule has 27 heavy (non-hydrogen) atoms. The fourth-order valence-corrected chi connectivity index (χ4v) is 2.82. The average Bonchev–Trinajstić information content (AvgIpc) is 2.58. The Hall–Kier alpha value is -1.94. The molecular formula is C17H26F3N5O2. The van der Waals surface area contributed by atoms with Crippen LogP contribution < -0.4 is 10.6 Å². The monoisotopic (exact) mass is 389 g/mol. The number of hydrogen-bond donors (Lipinski definition) is 3. The van der Waals surface area contributed by atoms with Crippen LogP contribution in [0, 0.1) is 0 Å². The zero-order valence-electron chi connectivity index (χ0n) is 15.7. The number of ether oxygens (including phenoxy) is 1. The predicted molar refractivity (Wildman–Crippen MR) is 96.4 cm³/mol. The molecule has 1 aromatic heterocycles. The van der Waals surface area contributed by atoms with Gasteiger partial charge in [0.05, 0.1) is 12.7 Å². The van der Waals surface area contributed by atoms with Gasteiger partial charge in [0.15, 0.2) is 5.82 Å². The molecule has 1 unspecified atom stereocenters. The van der Waals surface area contributed by atoms with Gasteiger partial charge in [-0.25, -0.2) is 0 Å². The fraction of sp³-hybridized carbons (Fsp3) is 0.706. The van der Waals surface area contributed by atoms with Gasteiger partial charge in [-0.2, -0.15) is 28.1 Å². The lowest BCUT2D eigenvalue weighted by Crippen LogP contribution is -2.36. The third-order valence-corrected chi connectivity index (χ3v) is 4.16. The van der Waals surface area contributed by atoms with Crippen LogP contribution in [0.1, 0.15) is 45.4 Å². The summed E-state index contributed by atoms with van der Waals surface area (Å²) in [6.07, 6.45) is -1.50. The van der Waals surface area contributed by atoms with E-state index in [2.05, 4.69) is 25.6 Å². The Morgan fingerprint density at radius 2 is 1.93 bits per heavy atom. The fourth-order valence-electron chi connectivity index (χ4n) is 2.82. The summed E-state index contributed by atoms with van der Waals surface area (Å²) in [5.41, 5.74) is 0.696. The smallest absolute Gasteiger partial charge is 0.389 e. The number of nitrogens with zero attached hydrogens (tertiary/aromatic N) is 3. The van der Waals surface area contributed by atoms with Gasteiger partial charge < -0.3 is 20.5 Å². The minimum absolute atomic E-state index is 0.145. The summed E-state index contributed by atoms with van der Waals surface area (Å²) in [5.74, 6) is 0.262. The van der Waals surface area contributed by atoms with Crippen LogP contribution >= 0.6 is 0 Å². The quantitative estimate of drug-likeness (QED) is 0.629. The maximum atomic E-state index is 13.1. The highest BCUT2D eigenvalue weighted by molar-refractivity contribution is 5.63. The SMILES string of the molecule is CC[C@@H](Nc1nc(N[C@@H](C)COC)nc(C2=CC(O)CCC2)n1)C(F)(F)F. The number of nitrogens with one attached hydrogen (secondary N) is 2. The lowest BCUT2D eigenvalue weighted by Gasteiger charge is -2.22. The molecule has 1 aliphatic carbocycles. The first-order chi connectivity index (χ1) is 12.7. The maximum Gasteiger partial charge on any atom is 0.408 e. The summed E-state index contributed by atoms with van der Waals surface area (Å²) in [6, 6.07) is -1.91. The number of rotatable bonds is 8. The van der Waals surface area contributed by atoms with Crippen molar-refractivity contribution in [3.63, 3.8) is 0 Å². The molecule has 7 nitrogen and oxygen atoms in total. The van der Waals surface area contributed by atoms with Gasteiger partial charge in [0.1, 0.15) is 6.04 Å². The summed E-state index contributed by atoms with van der Waals surface area (Å²) < 4.78 is 44.4. The number of aromatic nitrogens is 3. The summed E-state index contributed by atoms with van der Waals surface area (Å²) in [7, 11) is 1.55. The number of aliphatic hydroxyl groups excluding tert-OH is 1. The van der Waals surface area contributed by atoms with Gasteiger partial charge in [-0.3, -0.25) is 0 Å². The molecular weight excluding hydrogens is 363 g/mol. The molecule has 152 valence electrons. The van der Waals surface area contributed by atoms with E-state index in [1.807, 2.05) is 6.92 Å². The third kappa shape index (κ3) is 6.31. The molecule has 10 heteroatoms. The summed E-state index contributed by atoms with van der Waals surface area (Å²) in [6.45, 7) is 3.66. The van der Waals surface area contributed by atoms with E-state index in [0.717, 1.165) is 6.42 Å². The Morgan fingerprint density at radius 1 is 1.26 bits per heavy atom. The van der Waals surface area contributed by atoms with Crippen LogP contribution in [0.25, 0.3) is 5.57 Å². The molecule has 2 rings (SSSR count). The van der Waals surface area contributed by atoms with Crippen molar-refractivity contribution in [3.8, 4) is 0 Å². The Bertz CT molecular complexity index is 654. The van der Waals surface area contributed by atoms with Crippen molar-refractivity contribution in [2.45, 2.75) is 63.9 Å². The molecule has 0 amide bonds. The number of halogens is 3. The van der Waals surface area contributed by atoms with Gasteiger partial charge in [0.25, 0.3) is 0 Å². The normalized spacial score (nSPS) is 20.0. The van der Waals surface area contributed by atoms with Crippen molar-refractivity contribution >= 4 is 17.5 Å². The summed E-state index contributed by atoms with van der Waals surface area (Å²) in [5, 5.41) is 15.2. The lowest BCUT2D eigenvalue weighted by molar-refractivity contribution is -0.143. The standard InChI is InChI=1S/C17H26F3N5O2/c1-4-13(17(18,19)20)22-16-24-14(11-6-5-7-12(26)8-11)23-15(25-16)21-10(2)9-27-3/h8,10,12-13,26H,4-7,9H2,1-3H3,(H2,21,22,23,24,25)/t10-,12?,13+/m0/s1. The summed E-state index contributed by atoms with van der Waals surface area (Å²) in [4.78, 5) is 12.6. The van der Waals surface area contributed by atoms with E-state index in [1.165, 1.54) is 6.92 Å². The van der Waals surface area contributed by atoms with Gasteiger partial charge in [0.2, 0.25) is 11.9 Å². The second kappa shape index (κ2) is 9.32. The van der Waals surface area contributed by atoms with E-state index < -0.39 is 18.3 Å². The first-order valence-corrected chi connectivity index (χ1v) is 8.96. The van der Waals surface area contributed by atoms with Crippen LogP contribution in [0.5, 0.6) is 0 Å². The highest BCUT2D eigenvalue weighted by atomic mass is 19.4. The average molecular weight is 389 g/mol. The Labute approximate surface area is 156 Å². The van der Waals surface area contributed by atoms with Crippen molar-refractivity contribution in [2.75, 3.05) is 24.4 Å². The van der Waals surface area contributed by atoms with Crippen molar-refractivity contribution in [1.82, 2.24) is 15.0 Å². The predicted octanol–water partition coefficient (Wildman–Crippen LogP) is 3.00. The zero-order chi connectivity index (χ0) is 20.0. The molecule has 0 bridgehead atoms. The number of aliphatic hydroxyl groups is 1. The molecule has 0 aromatic carbocycles. The molecule has 0 fully saturated rings. The number of hydrogen-bond acceptors (Lipinski definition) is 7. The Morgan fingerprint density at radius 3 is 2.48 bits per heavy atom. The first kappa shape index (κ1) is 21.4. The van der Waals surface area contributed by atoms with Gasteiger partial charge in [-0.1, -0.05) is 6.92 Å². The molecule has 0 radical (unpaired) electrons. The van der Waals surface area contributed by atoms with Crippen LogP contribution in [0.4, 0.5) is 25.1 Å². The number of anilines is 2. The second-order valence-electron chi connectivity index (χ2n) is 6.61. The van der Waals surface area contributed by atoms with E-state index in [0.29, 0.717) is 25.0 Å². The number of allylic oxidation sites excluding steroid dienone is 1. The lowest BCUT2D eigenvalue weighted by atomic mass is 9.97. The molecule has 0 saturated carbocycles. The van der Waals surface area contributed by atoms with Crippen LogP contribution in [0.3, 0.4) is 0 Å². The maximum absolute atomic E-state index is 13.1. The highest BCUT2D eigenvalue weighted by Gasteiger charge is 2.39. The van der Waals surface area contributed by atoms with E-state index in [9.17, 15) is 18.3 Å². The molecule has 3 N–H and O–H groups in total. The number of methoxy groups -OCH3 is 1. The second-order valence-corrected chi connectivity index (χ2v) is 6.61. The topological polar surface area (TPSA) is 92.2 Å². The van der Waals surface area contributed by atoms with E-state index in [-0.39, 0.29) is 30.2 Å². The third-order valence-electron chi connectivity index (χ3n) is 4.16. The molecule has 3 atom stereocenters. The first-order valence-electron chi connectivity index (χ1n) is 8.96. The minimum Gasteiger partial charge on any atom is -0.389 e. The van der Waals surface area contributed by atoms with Crippen LogP contribution in [0.2, 0.25) is 0 Å². The van der Waals surface area contributed by atoms with Gasteiger partial charge in [-0.15, -0.1) is 0 Å².